The Kier molecular flexibility index (Phi) is 6.98. The Balaban J connectivity index is 2.35. The van der Waals surface area contributed by atoms with Crippen molar-refractivity contribution in [3.05, 3.63) is 10.4 Å². The lowest BCUT2D eigenvalue weighted by Gasteiger charge is -2.23. The second-order valence-electron chi connectivity index (χ2n) is 4.78. The van der Waals surface area contributed by atoms with Gasteiger partial charge in [-0.05, 0) is 24.9 Å². The third-order valence-corrected chi connectivity index (χ3v) is 3.15. The number of Topliss-reactive ketones (excluding diaryl/α,β-unsaturated/α-hetero) is 1. The van der Waals surface area contributed by atoms with Crippen LogP contribution in [0.5, 0.6) is 0 Å². The summed E-state index contributed by atoms with van der Waals surface area (Å²) in [4.78, 5) is 16.7. The maximum absolute atomic E-state index is 11.9. The molecule has 0 spiro atoms. The van der Waals surface area contributed by atoms with Gasteiger partial charge in [0.15, 0.2) is 0 Å². The Bertz CT molecular complexity index is 385. The number of terminal acetylenes is 1. The number of ether oxygens (including phenoxy) is 1. The number of rotatable bonds is 8. The van der Waals surface area contributed by atoms with Crippen molar-refractivity contribution in [1.82, 2.24) is 4.90 Å². The molecule has 1 rings (SSSR count). The first kappa shape index (κ1) is 15.5. The average Bonchev–Trinajstić information content (AvgIpc) is 2.77. The molecule has 0 N–H and O–H groups in total. The van der Waals surface area contributed by atoms with Gasteiger partial charge in [-0.25, -0.2) is 0 Å². The van der Waals surface area contributed by atoms with E-state index in [1.807, 2.05) is 0 Å². The molecule has 1 aliphatic heterocycles. The maximum Gasteiger partial charge on any atom is 0.147 e. The fourth-order valence-electron chi connectivity index (χ4n) is 2.30. The van der Waals surface area contributed by atoms with Crippen LogP contribution in [0, 0.1) is 12.3 Å². The fourth-order valence-corrected chi connectivity index (χ4v) is 2.30. The van der Waals surface area contributed by atoms with E-state index in [2.05, 4.69) is 20.8 Å². The van der Waals surface area contributed by atoms with Crippen LogP contribution >= 0.6 is 0 Å². The minimum Gasteiger partial charge on any atom is -0.367 e. The third kappa shape index (κ3) is 5.75. The topological polar surface area (TPSA) is 78.3 Å². The van der Waals surface area contributed by atoms with Crippen LogP contribution in [-0.2, 0) is 9.53 Å². The van der Waals surface area contributed by atoms with E-state index in [0.29, 0.717) is 26.2 Å². The highest BCUT2D eigenvalue weighted by atomic mass is 16.5. The van der Waals surface area contributed by atoms with E-state index < -0.39 is 0 Å². The molecule has 1 saturated heterocycles. The molecule has 1 aliphatic rings. The quantitative estimate of drug-likeness (QED) is 0.220. The van der Waals surface area contributed by atoms with Crippen LogP contribution < -0.4 is 0 Å². The fraction of sp³-hybridized carbons (Fsp3) is 0.769. The van der Waals surface area contributed by atoms with Gasteiger partial charge in [-0.2, -0.15) is 0 Å². The van der Waals surface area contributed by atoms with Crippen LogP contribution in [0.25, 0.3) is 10.4 Å². The standard InChI is InChI=1S/C13H20N4O2/c1-3-7-19-10-12-5-4-6-17(12)9-13(18)8-11(2)15-16-14/h1,11-12H,4-10H2,2H3. The molecule has 6 heteroatoms. The van der Waals surface area contributed by atoms with Crippen molar-refractivity contribution in [1.29, 1.82) is 0 Å². The first-order valence-corrected chi connectivity index (χ1v) is 6.48. The van der Waals surface area contributed by atoms with E-state index in [-0.39, 0.29) is 17.9 Å². The predicted octanol–water partition coefficient (Wildman–Crippen LogP) is 1.76. The Morgan fingerprint density at radius 1 is 1.74 bits per heavy atom. The maximum atomic E-state index is 11.9. The van der Waals surface area contributed by atoms with E-state index >= 15 is 0 Å². The molecule has 0 saturated carbocycles. The van der Waals surface area contributed by atoms with E-state index in [4.69, 9.17) is 16.7 Å². The van der Waals surface area contributed by atoms with Gasteiger partial charge in [0.2, 0.25) is 0 Å². The zero-order valence-electron chi connectivity index (χ0n) is 11.3. The van der Waals surface area contributed by atoms with E-state index in [9.17, 15) is 4.79 Å². The Hall–Kier alpha value is -1.54. The summed E-state index contributed by atoms with van der Waals surface area (Å²) < 4.78 is 5.34. The second kappa shape index (κ2) is 8.54. The van der Waals surface area contributed by atoms with Crippen molar-refractivity contribution in [2.45, 2.75) is 38.3 Å². The molecular weight excluding hydrogens is 244 g/mol. The van der Waals surface area contributed by atoms with Crippen LogP contribution in [0.1, 0.15) is 26.2 Å². The van der Waals surface area contributed by atoms with Gasteiger partial charge in [-0.1, -0.05) is 18.0 Å². The molecule has 0 aromatic heterocycles. The van der Waals surface area contributed by atoms with Gasteiger partial charge in [0, 0.05) is 23.4 Å². The van der Waals surface area contributed by atoms with Crippen LogP contribution in [0.4, 0.5) is 0 Å². The van der Waals surface area contributed by atoms with Crippen molar-refractivity contribution in [3.63, 3.8) is 0 Å². The van der Waals surface area contributed by atoms with Gasteiger partial charge < -0.3 is 4.74 Å². The number of hydrogen-bond donors (Lipinski definition) is 0. The lowest BCUT2D eigenvalue weighted by Crippen LogP contribution is -2.37. The third-order valence-electron chi connectivity index (χ3n) is 3.15. The number of likely N-dealkylation sites (tertiary alicyclic amines) is 1. The van der Waals surface area contributed by atoms with Gasteiger partial charge >= 0.3 is 0 Å². The molecular formula is C13H20N4O2. The molecule has 0 aliphatic carbocycles. The molecule has 0 bridgehead atoms. The SMILES string of the molecule is C#CCOCC1CCCN1CC(=O)CC(C)N=[N+]=[N-]. The molecule has 104 valence electrons. The van der Waals surface area contributed by atoms with Crippen molar-refractivity contribution in [2.24, 2.45) is 5.11 Å². The summed E-state index contributed by atoms with van der Waals surface area (Å²) >= 11 is 0. The number of carbonyl (C=O) groups excluding carboxylic acids is 1. The zero-order valence-corrected chi connectivity index (χ0v) is 11.3. The largest absolute Gasteiger partial charge is 0.367 e. The summed E-state index contributed by atoms with van der Waals surface area (Å²) in [6.07, 6.45) is 7.52. The minimum atomic E-state index is -0.281. The molecule has 0 aromatic rings. The molecule has 0 aromatic carbocycles. The number of nitrogens with zero attached hydrogens (tertiary/aromatic N) is 4. The normalized spacial score (nSPS) is 20.5. The number of carbonyl (C=O) groups is 1. The molecule has 2 atom stereocenters. The molecule has 1 heterocycles. The molecule has 0 radical (unpaired) electrons. The van der Waals surface area contributed by atoms with Crippen LogP contribution in [0.2, 0.25) is 0 Å². The highest BCUT2D eigenvalue weighted by Crippen LogP contribution is 2.17. The highest BCUT2D eigenvalue weighted by Gasteiger charge is 2.26. The highest BCUT2D eigenvalue weighted by molar-refractivity contribution is 5.81. The summed E-state index contributed by atoms with van der Waals surface area (Å²) in [5.74, 6) is 2.53. The summed E-state index contributed by atoms with van der Waals surface area (Å²) in [6, 6.07) is -0.0108. The summed E-state index contributed by atoms with van der Waals surface area (Å²) in [5, 5.41) is 3.51. The number of azide groups is 1. The van der Waals surface area contributed by atoms with Crippen molar-refractivity contribution in [3.8, 4) is 12.3 Å². The Labute approximate surface area is 113 Å². The lowest BCUT2D eigenvalue weighted by atomic mass is 10.1. The van der Waals surface area contributed by atoms with E-state index in [1.165, 1.54) is 0 Å². The van der Waals surface area contributed by atoms with Gasteiger partial charge in [-0.15, -0.1) is 6.42 Å². The summed E-state index contributed by atoms with van der Waals surface area (Å²) in [6.45, 7) is 3.94. The number of ketones is 1. The van der Waals surface area contributed by atoms with Gasteiger partial charge in [0.1, 0.15) is 12.4 Å². The van der Waals surface area contributed by atoms with Gasteiger partial charge in [0.05, 0.1) is 13.2 Å². The van der Waals surface area contributed by atoms with Crippen molar-refractivity contribution in [2.75, 3.05) is 26.3 Å². The van der Waals surface area contributed by atoms with Crippen molar-refractivity contribution >= 4 is 5.78 Å². The molecule has 6 nitrogen and oxygen atoms in total. The van der Waals surface area contributed by atoms with Gasteiger partial charge in [-0.3, -0.25) is 9.69 Å². The second-order valence-corrected chi connectivity index (χ2v) is 4.78. The molecule has 1 fully saturated rings. The minimum absolute atomic E-state index is 0.101. The smallest absolute Gasteiger partial charge is 0.147 e. The van der Waals surface area contributed by atoms with E-state index in [0.717, 1.165) is 19.4 Å². The van der Waals surface area contributed by atoms with Crippen LogP contribution in [-0.4, -0.2) is 49.1 Å². The summed E-state index contributed by atoms with van der Waals surface area (Å²) in [5.41, 5.74) is 8.30. The molecule has 0 amide bonds. The Morgan fingerprint density at radius 3 is 3.21 bits per heavy atom. The van der Waals surface area contributed by atoms with E-state index in [1.54, 1.807) is 6.92 Å². The predicted molar refractivity (Wildman–Crippen MR) is 72.5 cm³/mol. The zero-order chi connectivity index (χ0) is 14.1. The molecule has 19 heavy (non-hydrogen) atoms. The first-order chi connectivity index (χ1) is 9.17. The summed E-state index contributed by atoms with van der Waals surface area (Å²) in [7, 11) is 0. The van der Waals surface area contributed by atoms with Crippen LogP contribution in [0.3, 0.4) is 0 Å². The average molecular weight is 264 g/mol. The van der Waals surface area contributed by atoms with Crippen molar-refractivity contribution < 1.29 is 9.53 Å². The molecule has 2 unspecified atom stereocenters. The van der Waals surface area contributed by atoms with Crippen LogP contribution in [0.15, 0.2) is 5.11 Å². The first-order valence-electron chi connectivity index (χ1n) is 6.48. The Morgan fingerprint density at radius 2 is 2.53 bits per heavy atom. The van der Waals surface area contributed by atoms with Gasteiger partial charge in [0.25, 0.3) is 0 Å². The lowest BCUT2D eigenvalue weighted by molar-refractivity contribution is -0.120. The monoisotopic (exact) mass is 264 g/mol. The number of hydrogen-bond acceptors (Lipinski definition) is 4.